The normalized spacial score (nSPS) is 11.2. The quantitative estimate of drug-likeness (QED) is 0.368. The molecule has 29 heavy (non-hydrogen) atoms. The molecule has 0 aliphatic heterocycles. The van der Waals surface area contributed by atoms with Crippen LogP contribution in [0.2, 0.25) is 0 Å². The summed E-state index contributed by atoms with van der Waals surface area (Å²) in [7, 11) is 1.59. The minimum absolute atomic E-state index is 0.164. The van der Waals surface area contributed by atoms with Crippen molar-refractivity contribution in [2.45, 2.75) is 6.92 Å². The summed E-state index contributed by atoms with van der Waals surface area (Å²) >= 11 is 0. The van der Waals surface area contributed by atoms with Gasteiger partial charge in [0.2, 0.25) is 0 Å². The molecule has 146 valence electrons. The molecule has 0 atom stereocenters. The van der Waals surface area contributed by atoms with Gasteiger partial charge in [-0.25, -0.2) is 4.79 Å². The number of ether oxygens (including phenoxy) is 3. The van der Waals surface area contributed by atoms with Crippen molar-refractivity contribution >= 4 is 18.1 Å². The van der Waals surface area contributed by atoms with Crippen molar-refractivity contribution < 1.29 is 19.0 Å². The van der Waals surface area contributed by atoms with Crippen molar-refractivity contribution in [3.63, 3.8) is 0 Å². The van der Waals surface area contributed by atoms with Gasteiger partial charge in [-0.3, -0.25) is 9.69 Å². The third-order valence-corrected chi connectivity index (χ3v) is 3.77. The zero-order valence-corrected chi connectivity index (χ0v) is 16.2. The summed E-state index contributed by atoms with van der Waals surface area (Å²) in [6.45, 7) is 16.7. The van der Waals surface area contributed by atoms with E-state index in [4.69, 9.17) is 27.4 Å². The molecule has 0 saturated heterocycles. The Hall–Kier alpha value is -4.03. The van der Waals surface area contributed by atoms with Gasteiger partial charge in [0, 0.05) is 0 Å². The van der Waals surface area contributed by atoms with Gasteiger partial charge in [-0.05, 0) is 42.3 Å². The van der Waals surface area contributed by atoms with Crippen LogP contribution in [0.25, 0.3) is 21.8 Å². The second kappa shape index (κ2) is 11.0. The summed E-state index contributed by atoms with van der Waals surface area (Å²) in [5.74, 6) is 0.800. The Bertz CT molecular complexity index is 976. The summed E-state index contributed by atoms with van der Waals surface area (Å²) in [6.07, 6.45) is 3.29. The smallest absolute Gasteiger partial charge is 0.344 e. The van der Waals surface area contributed by atoms with Gasteiger partial charge in [-0.1, -0.05) is 36.4 Å². The van der Waals surface area contributed by atoms with Crippen LogP contribution in [0.1, 0.15) is 18.1 Å². The Morgan fingerprint density at radius 3 is 1.79 bits per heavy atom. The number of methoxy groups -OCH3 is 1. The molecule has 0 aliphatic rings. The third kappa shape index (κ3) is 6.57. The van der Waals surface area contributed by atoms with Crippen molar-refractivity contribution in [1.82, 2.24) is 0 Å². The van der Waals surface area contributed by atoms with Gasteiger partial charge in [0.25, 0.3) is 0 Å². The van der Waals surface area contributed by atoms with E-state index in [1.807, 2.05) is 12.1 Å². The van der Waals surface area contributed by atoms with Crippen molar-refractivity contribution in [3.05, 3.63) is 93.9 Å². The van der Waals surface area contributed by atoms with Crippen molar-refractivity contribution in [2.24, 2.45) is 0 Å². The van der Waals surface area contributed by atoms with E-state index in [0.29, 0.717) is 12.4 Å². The average molecular weight is 388 g/mol. The maximum absolute atomic E-state index is 11.3. The Balaban J connectivity index is 2.16. The molecule has 0 fully saturated rings. The fourth-order valence-corrected chi connectivity index (χ4v) is 2.35. The fourth-order valence-electron chi connectivity index (χ4n) is 2.35. The van der Waals surface area contributed by atoms with Crippen LogP contribution in [0, 0.1) is 13.1 Å². The highest BCUT2D eigenvalue weighted by Crippen LogP contribution is 2.23. The van der Waals surface area contributed by atoms with Gasteiger partial charge in [-0.15, -0.1) is 0 Å². The molecule has 0 N–H and O–H groups in total. The van der Waals surface area contributed by atoms with Crippen LogP contribution in [0.4, 0.5) is 0 Å². The predicted octanol–water partition coefficient (Wildman–Crippen LogP) is 4.86. The Morgan fingerprint density at radius 2 is 1.38 bits per heavy atom. The van der Waals surface area contributed by atoms with Gasteiger partial charge in [-0.2, -0.15) is 0 Å². The maximum atomic E-state index is 11.3. The lowest BCUT2D eigenvalue weighted by atomic mass is 10.1. The topological polar surface area (TPSA) is 53.5 Å². The lowest BCUT2D eigenvalue weighted by Crippen LogP contribution is -2.14. The number of carbonyl (C=O) groups excluding carboxylic acids is 1. The molecule has 0 aromatic heterocycles. The maximum Gasteiger partial charge on any atom is 0.344 e. The Labute approximate surface area is 170 Å². The SMILES string of the molecule is [C-]#[N+]C(=C\c1ccc(OC)cc1)/C(=C/c1ccc(OCC(=O)OCC)cc1)[N+]#[C-]. The Morgan fingerprint density at radius 1 is 0.897 bits per heavy atom. The number of nitrogens with zero attached hydrogens (tertiary/aromatic N) is 2. The molecule has 0 aliphatic carbocycles. The number of hydrogen-bond acceptors (Lipinski definition) is 4. The van der Waals surface area contributed by atoms with Gasteiger partial charge >= 0.3 is 5.97 Å². The van der Waals surface area contributed by atoms with Crippen LogP contribution in [-0.2, 0) is 9.53 Å². The van der Waals surface area contributed by atoms with Gasteiger partial charge in [0.1, 0.15) is 11.5 Å². The van der Waals surface area contributed by atoms with E-state index in [-0.39, 0.29) is 18.0 Å². The van der Waals surface area contributed by atoms with E-state index in [9.17, 15) is 4.79 Å². The highest BCUT2D eigenvalue weighted by atomic mass is 16.6. The second-order valence-electron chi connectivity index (χ2n) is 5.72. The van der Waals surface area contributed by atoms with Crippen LogP contribution < -0.4 is 9.47 Å². The summed E-state index contributed by atoms with van der Waals surface area (Å²) < 4.78 is 15.3. The molecular formula is C23H20N2O4. The monoisotopic (exact) mass is 388 g/mol. The molecule has 0 saturated carbocycles. The molecule has 0 amide bonds. The molecule has 0 spiro atoms. The molecule has 6 heteroatoms. The molecule has 0 unspecified atom stereocenters. The number of benzene rings is 2. The Kier molecular flexibility index (Phi) is 8.04. The predicted molar refractivity (Wildman–Crippen MR) is 111 cm³/mol. The molecule has 6 nitrogen and oxygen atoms in total. The van der Waals surface area contributed by atoms with Gasteiger partial charge < -0.3 is 14.2 Å². The third-order valence-electron chi connectivity index (χ3n) is 3.77. The van der Waals surface area contributed by atoms with E-state index in [0.717, 1.165) is 16.9 Å². The van der Waals surface area contributed by atoms with Crippen LogP contribution in [0.15, 0.2) is 59.9 Å². The molecule has 0 heterocycles. The zero-order valence-electron chi connectivity index (χ0n) is 16.2. The largest absolute Gasteiger partial charge is 0.497 e. The number of hydrogen-bond donors (Lipinski definition) is 0. The van der Waals surface area contributed by atoms with Crippen molar-refractivity contribution in [2.75, 3.05) is 20.3 Å². The molecule has 2 aromatic rings. The molecule has 2 aromatic carbocycles. The summed E-state index contributed by atoms with van der Waals surface area (Å²) in [5.41, 5.74) is 2.02. The van der Waals surface area contributed by atoms with Crippen LogP contribution >= 0.6 is 0 Å². The zero-order chi connectivity index (χ0) is 21.1. The summed E-state index contributed by atoms with van der Waals surface area (Å²) in [6, 6.07) is 14.1. The number of carbonyl (C=O) groups is 1. The first-order valence-electron chi connectivity index (χ1n) is 8.80. The summed E-state index contributed by atoms with van der Waals surface area (Å²) in [4.78, 5) is 18.3. The highest BCUT2D eigenvalue weighted by molar-refractivity contribution is 5.71. The average Bonchev–Trinajstić information content (AvgIpc) is 2.76. The number of rotatable bonds is 8. The molecule has 0 bridgehead atoms. The molecular weight excluding hydrogens is 368 g/mol. The van der Waals surface area contributed by atoms with Crippen LogP contribution in [0.3, 0.4) is 0 Å². The van der Waals surface area contributed by atoms with Crippen molar-refractivity contribution in [1.29, 1.82) is 0 Å². The van der Waals surface area contributed by atoms with Crippen LogP contribution in [-0.4, -0.2) is 26.3 Å². The lowest BCUT2D eigenvalue weighted by molar-refractivity contribution is -0.145. The van der Waals surface area contributed by atoms with E-state index < -0.39 is 5.97 Å². The van der Waals surface area contributed by atoms with Crippen LogP contribution in [0.5, 0.6) is 11.5 Å². The van der Waals surface area contributed by atoms with E-state index in [2.05, 4.69) is 9.69 Å². The summed E-state index contributed by atoms with van der Waals surface area (Å²) in [5, 5.41) is 0. The minimum atomic E-state index is -0.433. The van der Waals surface area contributed by atoms with Gasteiger partial charge in [0.15, 0.2) is 18.0 Å². The molecule has 0 radical (unpaired) electrons. The standard InChI is InChI=1S/C23H20N2O4/c1-5-28-23(26)16-29-20-12-8-18(9-13-20)15-22(25-3)21(24-2)14-17-6-10-19(27-4)11-7-17/h6-15H,5,16H2,1,4H3/b21-14-,22-15-. The highest BCUT2D eigenvalue weighted by Gasteiger charge is 2.07. The van der Waals surface area contributed by atoms with E-state index >= 15 is 0 Å². The van der Waals surface area contributed by atoms with Crippen molar-refractivity contribution in [3.8, 4) is 11.5 Å². The van der Waals surface area contributed by atoms with Gasteiger partial charge in [0.05, 0.1) is 26.9 Å². The fraction of sp³-hybridized carbons (Fsp3) is 0.174. The van der Waals surface area contributed by atoms with E-state index in [1.165, 1.54) is 0 Å². The van der Waals surface area contributed by atoms with E-state index in [1.54, 1.807) is 62.6 Å². The second-order valence-corrected chi connectivity index (χ2v) is 5.72. The lowest BCUT2D eigenvalue weighted by Gasteiger charge is -2.06. The first-order valence-corrected chi connectivity index (χ1v) is 8.80. The minimum Gasteiger partial charge on any atom is -0.497 e. The molecule has 2 rings (SSSR count). The first-order chi connectivity index (χ1) is 14.1. The first kappa shape index (κ1) is 21.3. The number of esters is 1.